The second kappa shape index (κ2) is 8.36. The van der Waals surface area contributed by atoms with Crippen LogP contribution in [0.15, 0.2) is 42.6 Å². The van der Waals surface area contributed by atoms with Crippen LogP contribution in [0.1, 0.15) is 40.1 Å². The number of aromatic nitrogens is 2. The van der Waals surface area contributed by atoms with Crippen LogP contribution in [0.3, 0.4) is 0 Å². The van der Waals surface area contributed by atoms with Crippen LogP contribution in [0.25, 0.3) is 11.0 Å². The molecular weight excluding hydrogens is 458 g/mol. The molecule has 3 atom stereocenters. The maximum absolute atomic E-state index is 13.6. The predicted molar refractivity (Wildman–Crippen MR) is 132 cm³/mol. The Hall–Kier alpha value is -3.88. The van der Waals surface area contributed by atoms with E-state index in [-0.39, 0.29) is 41.5 Å². The zero-order chi connectivity index (χ0) is 25.1. The van der Waals surface area contributed by atoms with E-state index in [2.05, 4.69) is 15.3 Å². The van der Waals surface area contributed by atoms with Gasteiger partial charge in [0.1, 0.15) is 11.6 Å². The lowest BCUT2D eigenvalue weighted by Gasteiger charge is -2.34. The van der Waals surface area contributed by atoms with Crippen LogP contribution in [-0.2, 0) is 11.3 Å². The number of H-pyrrole nitrogens is 1. The van der Waals surface area contributed by atoms with E-state index in [1.54, 1.807) is 24.3 Å². The molecule has 1 aliphatic carbocycles. The minimum Gasteiger partial charge on any atom is -0.481 e. The molecule has 4 heterocycles. The third-order valence-corrected chi connectivity index (χ3v) is 7.82. The minimum absolute atomic E-state index is 0.00337. The average molecular weight is 488 g/mol. The van der Waals surface area contributed by atoms with E-state index in [1.807, 2.05) is 49.1 Å². The van der Waals surface area contributed by atoms with Crippen molar-refractivity contribution in [3.8, 4) is 5.88 Å². The van der Waals surface area contributed by atoms with Crippen LogP contribution in [-0.4, -0.2) is 69.8 Å². The number of benzene rings is 1. The summed E-state index contributed by atoms with van der Waals surface area (Å²) in [6.45, 7) is 5.62. The highest BCUT2D eigenvalue weighted by Crippen LogP contribution is 2.46. The number of likely N-dealkylation sites (tertiary alicyclic amines) is 1. The van der Waals surface area contributed by atoms with Crippen molar-refractivity contribution in [2.24, 2.45) is 17.8 Å². The minimum atomic E-state index is -0.497. The van der Waals surface area contributed by atoms with Gasteiger partial charge in [-0.25, -0.2) is 4.98 Å². The zero-order valence-electron chi connectivity index (χ0n) is 20.5. The summed E-state index contributed by atoms with van der Waals surface area (Å²) in [5.74, 6) is 0.643. The molecule has 3 aromatic rings. The Kier molecular flexibility index (Phi) is 5.24. The SMILES string of the molecule is COc1ccc2[nH]cc(C(=O)NC3C4CN(C(=O)C(C(C)C)N5Cc6ccccc6C5=O)CC43)c2n1. The van der Waals surface area contributed by atoms with Crippen LogP contribution in [0.5, 0.6) is 5.88 Å². The highest BCUT2D eigenvalue weighted by atomic mass is 16.5. The summed E-state index contributed by atoms with van der Waals surface area (Å²) in [6.07, 6.45) is 1.67. The molecule has 2 aromatic heterocycles. The van der Waals surface area contributed by atoms with Gasteiger partial charge < -0.3 is 24.8 Å². The van der Waals surface area contributed by atoms with Gasteiger partial charge in [0, 0.05) is 55.3 Å². The molecule has 1 saturated carbocycles. The number of ether oxygens (including phenoxy) is 1. The van der Waals surface area contributed by atoms with E-state index in [4.69, 9.17) is 4.74 Å². The predicted octanol–water partition coefficient (Wildman–Crippen LogP) is 2.44. The van der Waals surface area contributed by atoms with Crippen molar-refractivity contribution < 1.29 is 19.1 Å². The largest absolute Gasteiger partial charge is 0.481 e. The second-order valence-corrected chi connectivity index (χ2v) is 10.3. The molecule has 0 spiro atoms. The average Bonchev–Trinajstić information content (AvgIpc) is 3.27. The lowest BCUT2D eigenvalue weighted by atomic mass is 10.0. The summed E-state index contributed by atoms with van der Waals surface area (Å²) in [5, 5.41) is 3.13. The molecule has 1 saturated heterocycles. The number of rotatable bonds is 6. The maximum atomic E-state index is 13.6. The number of amides is 3. The fourth-order valence-corrected chi connectivity index (χ4v) is 5.88. The number of nitrogens with zero attached hydrogens (tertiary/aromatic N) is 3. The molecule has 2 fully saturated rings. The van der Waals surface area contributed by atoms with Gasteiger partial charge in [0.2, 0.25) is 11.8 Å². The Morgan fingerprint density at radius 1 is 1.14 bits per heavy atom. The van der Waals surface area contributed by atoms with E-state index in [1.165, 1.54) is 0 Å². The smallest absolute Gasteiger partial charge is 0.255 e. The third kappa shape index (κ3) is 3.53. The highest BCUT2D eigenvalue weighted by molar-refractivity contribution is 6.05. The Morgan fingerprint density at radius 3 is 2.58 bits per heavy atom. The number of carbonyl (C=O) groups is 3. The Labute approximate surface area is 208 Å². The fraction of sp³-hybridized carbons (Fsp3) is 0.407. The third-order valence-electron chi connectivity index (χ3n) is 7.82. The number of fused-ring (bicyclic) bond motifs is 3. The number of hydrogen-bond donors (Lipinski definition) is 2. The first kappa shape index (κ1) is 22.6. The van der Waals surface area contributed by atoms with Gasteiger partial charge in [0.05, 0.1) is 18.2 Å². The highest BCUT2D eigenvalue weighted by Gasteiger charge is 2.58. The summed E-state index contributed by atoms with van der Waals surface area (Å²) in [6, 6.07) is 10.7. The van der Waals surface area contributed by atoms with Crippen molar-refractivity contribution in [2.75, 3.05) is 20.2 Å². The summed E-state index contributed by atoms with van der Waals surface area (Å²) in [5.41, 5.74) is 3.48. The fourth-order valence-electron chi connectivity index (χ4n) is 5.88. The Morgan fingerprint density at radius 2 is 1.89 bits per heavy atom. The van der Waals surface area contributed by atoms with E-state index >= 15 is 0 Å². The van der Waals surface area contributed by atoms with Crippen LogP contribution >= 0.6 is 0 Å². The topological polar surface area (TPSA) is 108 Å². The Bertz CT molecular complexity index is 1370. The van der Waals surface area contributed by atoms with Gasteiger partial charge in [-0.05, 0) is 23.6 Å². The lowest BCUT2D eigenvalue weighted by molar-refractivity contribution is -0.137. The van der Waals surface area contributed by atoms with Gasteiger partial charge in [-0.2, -0.15) is 0 Å². The molecule has 3 amide bonds. The van der Waals surface area contributed by atoms with Gasteiger partial charge >= 0.3 is 0 Å². The van der Waals surface area contributed by atoms with Crippen molar-refractivity contribution in [3.63, 3.8) is 0 Å². The normalized spacial score (nSPS) is 23.1. The molecular formula is C27H29N5O4. The molecule has 1 aromatic carbocycles. The quantitative estimate of drug-likeness (QED) is 0.555. The first-order valence-corrected chi connectivity index (χ1v) is 12.4. The molecule has 6 rings (SSSR count). The second-order valence-electron chi connectivity index (χ2n) is 10.3. The maximum Gasteiger partial charge on any atom is 0.255 e. The molecule has 2 N–H and O–H groups in total. The van der Waals surface area contributed by atoms with Crippen molar-refractivity contribution in [1.82, 2.24) is 25.1 Å². The van der Waals surface area contributed by atoms with Crippen molar-refractivity contribution >= 4 is 28.8 Å². The van der Waals surface area contributed by atoms with Gasteiger partial charge in [0.15, 0.2) is 0 Å². The molecule has 3 aliphatic rings. The standard InChI is InChI=1S/C27H29N5O4/c1-14(2)24(32-11-15-6-4-5-7-16(15)26(32)34)27(35)31-12-18-19(13-31)22(18)30-25(33)17-10-28-20-8-9-21(36-3)29-23(17)20/h4-10,14,18-19,22,24,28H,11-13H2,1-3H3,(H,30,33). The number of nitrogens with one attached hydrogen (secondary N) is 2. The van der Waals surface area contributed by atoms with Crippen molar-refractivity contribution in [1.29, 1.82) is 0 Å². The summed E-state index contributed by atoms with van der Waals surface area (Å²) < 4.78 is 5.19. The first-order valence-electron chi connectivity index (χ1n) is 12.4. The molecule has 9 nitrogen and oxygen atoms in total. The Balaban J connectivity index is 1.11. The van der Waals surface area contributed by atoms with Gasteiger partial charge in [-0.3, -0.25) is 14.4 Å². The lowest BCUT2D eigenvalue weighted by Crippen LogP contribution is -2.52. The van der Waals surface area contributed by atoms with E-state index in [0.29, 0.717) is 42.2 Å². The van der Waals surface area contributed by atoms with E-state index in [9.17, 15) is 14.4 Å². The number of methoxy groups -OCH3 is 1. The monoisotopic (exact) mass is 487 g/mol. The molecule has 0 radical (unpaired) electrons. The van der Waals surface area contributed by atoms with Gasteiger partial charge in [0.25, 0.3) is 11.8 Å². The number of hydrogen-bond acceptors (Lipinski definition) is 5. The van der Waals surface area contributed by atoms with Crippen LogP contribution in [0, 0.1) is 17.8 Å². The molecule has 186 valence electrons. The van der Waals surface area contributed by atoms with Gasteiger partial charge in [-0.15, -0.1) is 0 Å². The summed E-state index contributed by atoms with van der Waals surface area (Å²) >= 11 is 0. The first-order chi connectivity index (χ1) is 17.4. The van der Waals surface area contributed by atoms with Crippen LogP contribution < -0.4 is 10.1 Å². The molecule has 9 heteroatoms. The number of pyridine rings is 1. The van der Waals surface area contributed by atoms with E-state index in [0.717, 1.165) is 11.1 Å². The molecule has 0 bridgehead atoms. The molecule has 36 heavy (non-hydrogen) atoms. The number of carbonyl (C=O) groups excluding carboxylic acids is 3. The zero-order valence-corrected chi connectivity index (χ0v) is 20.5. The number of aromatic amines is 1. The van der Waals surface area contributed by atoms with Crippen molar-refractivity contribution in [2.45, 2.75) is 32.5 Å². The van der Waals surface area contributed by atoms with Crippen molar-refractivity contribution in [3.05, 3.63) is 59.3 Å². The number of piperidine rings is 1. The van der Waals surface area contributed by atoms with Gasteiger partial charge in [-0.1, -0.05) is 32.0 Å². The molecule has 2 aliphatic heterocycles. The molecule has 3 unspecified atom stereocenters. The van der Waals surface area contributed by atoms with Crippen LogP contribution in [0.2, 0.25) is 0 Å². The summed E-state index contributed by atoms with van der Waals surface area (Å²) in [4.78, 5) is 50.7. The van der Waals surface area contributed by atoms with Crippen LogP contribution in [0.4, 0.5) is 0 Å². The van der Waals surface area contributed by atoms with E-state index < -0.39 is 6.04 Å². The summed E-state index contributed by atoms with van der Waals surface area (Å²) in [7, 11) is 1.54.